The number of benzene rings is 24. The van der Waals surface area contributed by atoms with Crippen LogP contribution in [0.25, 0.3) is 165 Å². The molecule has 24 aromatic carbocycles. The Morgan fingerprint density at radius 2 is 0.350 bits per heavy atom. The largest absolute Gasteiger partial charge is 0.310 e. The number of aryl methyl sites for hydroxylation is 1. The van der Waals surface area contributed by atoms with E-state index in [4.69, 9.17) is 0 Å². The van der Waals surface area contributed by atoms with Crippen LogP contribution in [0.1, 0.15) is 5.56 Å². The molecule has 6 nitrogen and oxygen atoms in total. The van der Waals surface area contributed by atoms with Gasteiger partial charge in [-0.05, 0) is 323 Å². The first kappa shape index (κ1) is 85.8. The van der Waals surface area contributed by atoms with Crippen molar-refractivity contribution in [3.05, 3.63) is 570 Å². The van der Waals surface area contributed by atoms with Gasteiger partial charge in [0.1, 0.15) is 0 Å². The van der Waals surface area contributed by atoms with Crippen LogP contribution in [0.4, 0.5) is 68.2 Å². The van der Waals surface area contributed by atoms with Gasteiger partial charge in [0.05, 0.1) is 22.1 Å². The van der Waals surface area contributed by atoms with Gasteiger partial charge in [0.15, 0.2) is 0 Å². The minimum Gasteiger partial charge on any atom is -0.310 e. The third-order valence-electron chi connectivity index (χ3n) is 28.1. The summed E-state index contributed by atoms with van der Waals surface area (Å²) < 4.78 is 4.92. The summed E-state index contributed by atoms with van der Waals surface area (Å²) in [6, 6.07) is 205. The van der Waals surface area contributed by atoms with Crippen molar-refractivity contribution < 1.29 is 0 Å². The van der Waals surface area contributed by atoms with Crippen LogP contribution in [0, 0.1) is 6.92 Å². The highest BCUT2D eigenvalue weighted by Gasteiger charge is 2.27. The summed E-state index contributed by atoms with van der Waals surface area (Å²) in [4.78, 5) is 9.41. The van der Waals surface area contributed by atoms with E-state index < -0.39 is 0 Å². The first-order valence-corrected chi connectivity index (χ1v) is 49.1. The van der Waals surface area contributed by atoms with Gasteiger partial charge in [-0.25, -0.2) is 0 Å². The number of rotatable bonds is 20. The zero-order valence-electron chi connectivity index (χ0n) is 78.9. The van der Waals surface area contributed by atoms with Crippen molar-refractivity contribution in [3.8, 4) is 78.1 Å². The molecule has 2 aromatic heterocycles. The maximum Gasteiger partial charge on any atom is 0.0542 e. The van der Waals surface area contributed by atoms with Crippen molar-refractivity contribution in [2.75, 3.05) is 19.6 Å². The maximum atomic E-state index is 2.46. The van der Waals surface area contributed by atoms with E-state index in [-0.39, 0.29) is 0 Å². The van der Waals surface area contributed by atoms with E-state index in [0.717, 1.165) is 102 Å². The number of para-hydroxylation sites is 8. The molecule has 26 aromatic rings. The first-order valence-electron chi connectivity index (χ1n) is 49.1. The SMILES string of the molecule is Cc1ccccc1-c1ccc(-c2c3ccccc3c(-c3cccc(-n4c5ccc(N(c6ccccc6)c6ccccc6)cc5c5cc(N(c6ccccc6)c6ccccc6)ccc54)c3)c3ccccc23)cc1.c1ccc(-c2cccc(-c3c4ccccc4c(-c4cccc(-n5c6ccc(N(c7ccccc7)c7ccccc7)cc6c6cc(N(c7ccccc7)c7ccccc7)ccc65)c4)c4ccccc34)c2)cc1. The average molecular weight is 1830 g/mol. The molecule has 0 N–H and O–H groups in total. The van der Waals surface area contributed by atoms with E-state index in [9.17, 15) is 0 Å². The van der Waals surface area contributed by atoms with Crippen molar-refractivity contribution in [2.45, 2.75) is 6.92 Å². The Hall–Kier alpha value is -18.9. The zero-order chi connectivity index (χ0) is 95.1. The Labute approximate surface area is 832 Å². The highest BCUT2D eigenvalue weighted by atomic mass is 15.2. The number of aromatic nitrogens is 2. The molecular weight excluding hydrogens is 1730 g/mol. The van der Waals surface area contributed by atoms with Crippen molar-refractivity contribution in [1.82, 2.24) is 9.13 Å². The standard InChI is InChI=1S/C69H49N3.C68H47N3/c1-48-21-14-15-32-59(48)49-37-39-50(40-38-49)68-60-33-16-18-35-62(60)69(63-36-19-17-34-61(63)68)51-22-20-31-56(45-51)72-66-43-41-57(70(52-23-6-2-7-24-52)53-25-8-3-9-26-53)46-64(66)65-47-58(42-44-67(65)72)71(54-27-10-4-11-28-54)55-29-12-5-13-30-55;1-6-22-48(23-7-1)49-24-20-25-50(44-49)67-59-36-16-18-38-61(59)68(62-39-19-17-37-60(62)67)51-26-21-35-56(45-51)71-65-42-40-57(69(52-27-8-2-9-28-52)53-29-10-3-11-30-53)46-63(65)64-47-58(41-43-66(64)71)70(54-31-12-4-13-32-54)55-33-14-5-15-34-55/h2-47H,1H3;1-47H. The van der Waals surface area contributed by atoms with Gasteiger partial charge >= 0.3 is 0 Å². The molecule has 0 aliphatic rings. The molecule has 6 heteroatoms. The molecule has 0 atom stereocenters. The van der Waals surface area contributed by atoms with Gasteiger partial charge in [-0.1, -0.05) is 364 Å². The van der Waals surface area contributed by atoms with E-state index in [1.807, 2.05) is 0 Å². The molecule has 0 unspecified atom stereocenters. The Morgan fingerprint density at radius 3 is 0.629 bits per heavy atom. The number of fused-ring (bicyclic) bond motifs is 10. The third-order valence-corrected chi connectivity index (χ3v) is 28.1. The molecule has 0 radical (unpaired) electrons. The van der Waals surface area contributed by atoms with E-state index in [1.165, 1.54) is 137 Å². The lowest BCUT2D eigenvalue weighted by Gasteiger charge is -2.26. The predicted octanol–water partition coefficient (Wildman–Crippen LogP) is 38.4. The normalized spacial score (nSPS) is 11.4. The Balaban J connectivity index is 0.000000150. The highest BCUT2D eigenvalue weighted by molar-refractivity contribution is 6.24. The molecule has 0 amide bonds. The molecule has 143 heavy (non-hydrogen) atoms. The molecule has 0 saturated carbocycles. The second kappa shape index (κ2) is 37.6. The van der Waals surface area contributed by atoms with E-state index in [1.54, 1.807) is 0 Å². The predicted molar refractivity (Wildman–Crippen MR) is 608 cm³/mol. The summed E-state index contributed by atoms with van der Waals surface area (Å²) in [6.07, 6.45) is 0. The quantitative estimate of drug-likeness (QED) is 0.0710. The first-order chi connectivity index (χ1) is 70.9. The summed E-state index contributed by atoms with van der Waals surface area (Å²) in [7, 11) is 0. The van der Waals surface area contributed by atoms with Crippen LogP contribution in [0.2, 0.25) is 0 Å². The number of anilines is 12. The van der Waals surface area contributed by atoms with Crippen LogP contribution in [-0.4, -0.2) is 9.13 Å². The third kappa shape index (κ3) is 16.0. The van der Waals surface area contributed by atoms with E-state index >= 15 is 0 Å². The molecule has 2 heterocycles. The van der Waals surface area contributed by atoms with Gasteiger partial charge in [-0.3, -0.25) is 0 Å². The number of hydrogen-bond acceptors (Lipinski definition) is 4. The lowest BCUT2D eigenvalue weighted by atomic mass is 9.85. The van der Waals surface area contributed by atoms with Gasteiger partial charge in [0, 0.05) is 101 Å². The second-order valence-corrected chi connectivity index (χ2v) is 36.6. The molecule has 0 spiro atoms. The lowest BCUT2D eigenvalue weighted by Crippen LogP contribution is -2.09. The maximum absolute atomic E-state index is 2.46. The minimum absolute atomic E-state index is 1.09. The van der Waals surface area contributed by atoms with Crippen molar-refractivity contribution in [2.24, 2.45) is 0 Å². The highest BCUT2D eigenvalue weighted by Crippen LogP contribution is 2.52. The topological polar surface area (TPSA) is 22.8 Å². The molecule has 26 rings (SSSR count). The molecule has 0 aliphatic carbocycles. The molecular formula is C137H96N6. The Bertz CT molecular complexity index is 8640. The molecule has 0 saturated heterocycles. The Kier molecular flexibility index (Phi) is 22.5. The molecule has 0 fully saturated rings. The zero-order valence-corrected chi connectivity index (χ0v) is 78.9. The van der Waals surface area contributed by atoms with E-state index in [2.05, 4.69) is 600 Å². The van der Waals surface area contributed by atoms with Gasteiger partial charge in [0.25, 0.3) is 0 Å². The van der Waals surface area contributed by atoms with Gasteiger partial charge in [-0.2, -0.15) is 0 Å². The van der Waals surface area contributed by atoms with Crippen molar-refractivity contribution in [3.63, 3.8) is 0 Å². The van der Waals surface area contributed by atoms with Gasteiger partial charge < -0.3 is 28.7 Å². The molecule has 674 valence electrons. The van der Waals surface area contributed by atoms with Crippen LogP contribution >= 0.6 is 0 Å². The van der Waals surface area contributed by atoms with Gasteiger partial charge in [-0.15, -0.1) is 0 Å². The lowest BCUT2D eigenvalue weighted by molar-refractivity contribution is 1.18. The smallest absolute Gasteiger partial charge is 0.0542 e. The van der Waals surface area contributed by atoms with Crippen LogP contribution < -0.4 is 19.6 Å². The molecule has 0 aliphatic heterocycles. The summed E-state index contributed by atoms with van der Waals surface area (Å²) in [6.45, 7) is 2.18. The van der Waals surface area contributed by atoms with Crippen LogP contribution in [0.15, 0.2) is 564 Å². The van der Waals surface area contributed by atoms with Crippen LogP contribution in [0.5, 0.6) is 0 Å². The summed E-state index contributed by atoms with van der Waals surface area (Å²) >= 11 is 0. The summed E-state index contributed by atoms with van der Waals surface area (Å²) in [5.41, 5.74) is 35.8. The van der Waals surface area contributed by atoms with E-state index in [0.29, 0.717) is 0 Å². The number of hydrogen-bond donors (Lipinski definition) is 0. The molecule has 0 bridgehead atoms. The van der Waals surface area contributed by atoms with Crippen molar-refractivity contribution >= 4 is 155 Å². The van der Waals surface area contributed by atoms with Crippen LogP contribution in [0.3, 0.4) is 0 Å². The fraction of sp³-hybridized carbons (Fsp3) is 0.00730. The fourth-order valence-corrected chi connectivity index (χ4v) is 21.8. The van der Waals surface area contributed by atoms with Gasteiger partial charge in [0.2, 0.25) is 0 Å². The fourth-order valence-electron chi connectivity index (χ4n) is 21.8. The second-order valence-electron chi connectivity index (χ2n) is 36.6. The monoisotopic (exact) mass is 1820 g/mol. The van der Waals surface area contributed by atoms with Crippen molar-refractivity contribution in [1.29, 1.82) is 0 Å². The minimum atomic E-state index is 1.09. The Morgan fingerprint density at radius 1 is 0.133 bits per heavy atom. The summed E-state index contributed by atoms with van der Waals surface area (Å²) in [5.74, 6) is 0. The average Bonchev–Trinajstić information content (AvgIpc) is 0.777. The van der Waals surface area contributed by atoms with Crippen LogP contribution in [-0.2, 0) is 0 Å². The number of nitrogens with zero attached hydrogens (tertiary/aromatic N) is 6. The summed E-state index contributed by atoms with van der Waals surface area (Å²) in [5, 5.41) is 14.5.